The molecule has 1 heterocycles. The van der Waals surface area contributed by atoms with Gasteiger partial charge in [-0.3, -0.25) is 0 Å². The third-order valence-electron chi connectivity index (χ3n) is 2.89. The Morgan fingerprint density at radius 2 is 2.18 bits per heavy atom. The van der Waals surface area contributed by atoms with Crippen molar-refractivity contribution in [3.63, 3.8) is 0 Å². The number of aromatic nitrogens is 3. The predicted octanol–water partition coefficient (Wildman–Crippen LogP) is 0.897. The predicted molar refractivity (Wildman–Crippen MR) is 66.4 cm³/mol. The van der Waals surface area contributed by atoms with Gasteiger partial charge in [0.05, 0.1) is 12.2 Å². The Balaban J connectivity index is 2.63. The smallest absolute Gasteiger partial charge is 0.313 e. The molecule has 0 aliphatic rings. The van der Waals surface area contributed by atoms with Crippen LogP contribution in [0.3, 0.4) is 0 Å². The van der Waals surface area contributed by atoms with Crippen molar-refractivity contribution in [2.45, 2.75) is 20.4 Å². The molecule has 2 aromatic rings. The summed E-state index contributed by atoms with van der Waals surface area (Å²) in [5.74, 6) is 0.686. The van der Waals surface area contributed by atoms with Crippen molar-refractivity contribution in [1.29, 1.82) is 0 Å². The molecule has 0 saturated heterocycles. The molecule has 0 aliphatic carbocycles. The highest BCUT2D eigenvalue weighted by atomic mass is 16.1. The highest BCUT2D eigenvalue weighted by molar-refractivity contribution is 5.45. The molecule has 0 aliphatic heterocycles. The molecule has 0 unspecified atom stereocenters. The first-order chi connectivity index (χ1) is 8.15. The Hall–Kier alpha value is -1.88. The van der Waals surface area contributed by atoms with E-state index in [-0.39, 0.29) is 5.69 Å². The molecule has 0 spiro atoms. The summed E-state index contributed by atoms with van der Waals surface area (Å²) < 4.78 is 1.61. The van der Waals surface area contributed by atoms with Crippen molar-refractivity contribution in [2.75, 3.05) is 7.05 Å². The molecule has 5 heteroatoms. The Bertz CT molecular complexity index is 582. The largest absolute Gasteiger partial charge is 0.347 e. The van der Waals surface area contributed by atoms with Gasteiger partial charge in [-0.15, -0.1) is 0 Å². The lowest BCUT2D eigenvalue weighted by molar-refractivity contribution is 0.733. The van der Waals surface area contributed by atoms with Gasteiger partial charge in [-0.05, 0) is 38.1 Å². The van der Waals surface area contributed by atoms with Crippen LogP contribution in [0.25, 0.3) is 5.69 Å². The molecule has 2 N–H and O–H groups in total. The van der Waals surface area contributed by atoms with Gasteiger partial charge in [-0.25, -0.2) is 14.5 Å². The van der Waals surface area contributed by atoms with E-state index in [1.165, 1.54) is 0 Å². The van der Waals surface area contributed by atoms with Gasteiger partial charge < -0.3 is 5.32 Å². The first kappa shape index (κ1) is 11.6. The summed E-state index contributed by atoms with van der Waals surface area (Å²) in [6, 6.07) is 5.90. The first-order valence-corrected chi connectivity index (χ1v) is 5.52. The van der Waals surface area contributed by atoms with Gasteiger partial charge in [-0.1, -0.05) is 12.1 Å². The summed E-state index contributed by atoms with van der Waals surface area (Å²) in [6.07, 6.45) is 0. The van der Waals surface area contributed by atoms with Gasteiger partial charge in [0.15, 0.2) is 5.82 Å². The zero-order valence-electron chi connectivity index (χ0n) is 10.2. The van der Waals surface area contributed by atoms with Crippen LogP contribution in [0.2, 0.25) is 0 Å². The minimum absolute atomic E-state index is 0.205. The van der Waals surface area contributed by atoms with Gasteiger partial charge >= 0.3 is 5.69 Å². The Morgan fingerprint density at radius 1 is 1.41 bits per heavy atom. The maximum atomic E-state index is 11.8. The lowest BCUT2D eigenvalue weighted by Gasteiger charge is -2.10. The standard InChI is InChI=1S/C12H16N4O/c1-8-5-4-6-10(9(8)2)16-11(7-13-3)14-15-12(16)17/h4-6,13H,7H2,1-3H3,(H,15,17). The summed E-state index contributed by atoms with van der Waals surface area (Å²) in [6.45, 7) is 4.58. The summed E-state index contributed by atoms with van der Waals surface area (Å²) in [4.78, 5) is 11.8. The molecular weight excluding hydrogens is 216 g/mol. The molecule has 0 radical (unpaired) electrons. The second-order valence-corrected chi connectivity index (χ2v) is 4.03. The van der Waals surface area contributed by atoms with Crippen LogP contribution < -0.4 is 11.0 Å². The summed E-state index contributed by atoms with van der Waals surface area (Å²) in [5.41, 5.74) is 2.93. The normalized spacial score (nSPS) is 10.8. The molecule has 90 valence electrons. The second kappa shape index (κ2) is 4.55. The zero-order chi connectivity index (χ0) is 12.4. The summed E-state index contributed by atoms with van der Waals surface area (Å²) in [5, 5.41) is 9.50. The van der Waals surface area contributed by atoms with E-state index < -0.39 is 0 Å². The number of aryl methyl sites for hydroxylation is 1. The average Bonchev–Trinajstić information content (AvgIpc) is 2.65. The fourth-order valence-corrected chi connectivity index (χ4v) is 1.83. The van der Waals surface area contributed by atoms with E-state index in [1.54, 1.807) is 4.57 Å². The Labute approximate surface area is 99.5 Å². The SMILES string of the molecule is CNCc1n[nH]c(=O)n1-c1cccc(C)c1C. The van der Waals surface area contributed by atoms with Crippen LogP contribution in [0, 0.1) is 13.8 Å². The van der Waals surface area contributed by atoms with Crippen molar-refractivity contribution in [3.8, 4) is 5.69 Å². The van der Waals surface area contributed by atoms with Gasteiger partial charge in [0.1, 0.15) is 0 Å². The third-order valence-corrected chi connectivity index (χ3v) is 2.89. The summed E-state index contributed by atoms with van der Waals surface area (Å²) in [7, 11) is 1.83. The van der Waals surface area contributed by atoms with Gasteiger partial charge in [0, 0.05) is 0 Å². The molecule has 0 saturated carbocycles. The number of H-pyrrole nitrogens is 1. The van der Waals surface area contributed by atoms with Crippen LogP contribution >= 0.6 is 0 Å². The zero-order valence-corrected chi connectivity index (χ0v) is 10.2. The lowest BCUT2D eigenvalue weighted by Crippen LogP contribution is -2.20. The average molecular weight is 232 g/mol. The highest BCUT2D eigenvalue weighted by Gasteiger charge is 2.12. The number of hydrogen-bond acceptors (Lipinski definition) is 3. The van der Waals surface area contributed by atoms with Crippen LogP contribution in [0.15, 0.2) is 23.0 Å². The molecule has 17 heavy (non-hydrogen) atoms. The van der Waals surface area contributed by atoms with Crippen molar-refractivity contribution in [3.05, 3.63) is 45.6 Å². The van der Waals surface area contributed by atoms with Crippen LogP contribution in [0.4, 0.5) is 0 Å². The quantitative estimate of drug-likeness (QED) is 0.826. The van der Waals surface area contributed by atoms with E-state index in [0.717, 1.165) is 16.8 Å². The minimum Gasteiger partial charge on any atom is -0.313 e. The maximum absolute atomic E-state index is 11.8. The number of benzene rings is 1. The topological polar surface area (TPSA) is 62.7 Å². The van der Waals surface area contributed by atoms with Crippen molar-refractivity contribution < 1.29 is 0 Å². The molecular formula is C12H16N4O. The molecule has 0 fully saturated rings. The fourth-order valence-electron chi connectivity index (χ4n) is 1.83. The summed E-state index contributed by atoms with van der Waals surface area (Å²) >= 11 is 0. The molecule has 0 atom stereocenters. The van der Waals surface area contributed by atoms with Crippen molar-refractivity contribution in [2.24, 2.45) is 0 Å². The molecule has 2 rings (SSSR count). The van der Waals surface area contributed by atoms with E-state index >= 15 is 0 Å². The number of nitrogens with one attached hydrogen (secondary N) is 2. The van der Waals surface area contributed by atoms with E-state index in [1.807, 2.05) is 39.1 Å². The molecule has 0 bridgehead atoms. The van der Waals surface area contributed by atoms with E-state index in [2.05, 4.69) is 15.5 Å². The van der Waals surface area contributed by atoms with Gasteiger partial charge in [0.2, 0.25) is 0 Å². The van der Waals surface area contributed by atoms with E-state index in [4.69, 9.17) is 0 Å². The Morgan fingerprint density at radius 3 is 2.88 bits per heavy atom. The van der Waals surface area contributed by atoms with E-state index in [0.29, 0.717) is 12.4 Å². The number of aromatic amines is 1. The number of hydrogen-bond donors (Lipinski definition) is 2. The van der Waals surface area contributed by atoms with Crippen molar-refractivity contribution in [1.82, 2.24) is 20.1 Å². The van der Waals surface area contributed by atoms with E-state index in [9.17, 15) is 4.79 Å². The molecule has 5 nitrogen and oxygen atoms in total. The minimum atomic E-state index is -0.205. The first-order valence-electron chi connectivity index (χ1n) is 5.52. The highest BCUT2D eigenvalue weighted by Crippen LogP contribution is 2.16. The van der Waals surface area contributed by atoms with Crippen LogP contribution in [0.5, 0.6) is 0 Å². The lowest BCUT2D eigenvalue weighted by atomic mass is 10.1. The van der Waals surface area contributed by atoms with Gasteiger partial charge in [-0.2, -0.15) is 5.10 Å². The molecule has 1 aromatic carbocycles. The number of nitrogens with zero attached hydrogens (tertiary/aromatic N) is 2. The maximum Gasteiger partial charge on any atom is 0.347 e. The van der Waals surface area contributed by atoms with Crippen LogP contribution in [-0.2, 0) is 6.54 Å². The monoisotopic (exact) mass is 232 g/mol. The fraction of sp³-hybridized carbons (Fsp3) is 0.333. The number of rotatable bonds is 3. The van der Waals surface area contributed by atoms with Crippen LogP contribution in [-0.4, -0.2) is 21.8 Å². The Kier molecular flexibility index (Phi) is 3.10. The van der Waals surface area contributed by atoms with Crippen LogP contribution in [0.1, 0.15) is 17.0 Å². The third kappa shape index (κ3) is 2.01. The van der Waals surface area contributed by atoms with Crippen molar-refractivity contribution >= 4 is 0 Å². The molecule has 1 aromatic heterocycles. The second-order valence-electron chi connectivity index (χ2n) is 4.03. The van der Waals surface area contributed by atoms with Gasteiger partial charge in [0.25, 0.3) is 0 Å². The molecule has 0 amide bonds.